The van der Waals surface area contributed by atoms with Crippen LogP contribution >= 0.6 is 0 Å². The first kappa shape index (κ1) is 16.0. The van der Waals surface area contributed by atoms with Gasteiger partial charge in [-0.1, -0.05) is 36.9 Å². The van der Waals surface area contributed by atoms with E-state index in [0.717, 1.165) is 17.5 Å². The summed E-state index contributed by atoms with van der Waals surface area (Å²) < 4.78 is 27.2. The van der Waals surface area contributed by atoms with E-state index in [9.17, 15) is 8.42 Å². The van der Waals surface area contributed by atoms with Crippen molar-refractivity contribution < 1.29 is 8.42 Å². The second-order valence-electron chi connectivity index (χ2n) is 5.98. The minimum atomic E-state index is -3.43. The summed E-state index contributed by atoms with van der Waals surface area (Å²) in [5.41, 5.74) is 5.92. The van der Waals surface area contributed by atoms with Gasteiger partial charge in [-0.25, -0.2) is 8.42 Å². The molecule has 3 rings (SSSR count). The first-order chi connectivity index (χ1) is 10.9. The molecule has 2 aromatic carbocycles. The Morgan fingerprint density at radius 1 is 1.17 bits per heavy atom. The van der Waals surface area contributed by atoms with E-state index in [0.29, 0.717) is 18.0 Å². The molecule has 2 aromatic rings. The number of rotatable bonds is 3. The van der Waals surface area contributed by atoms with E-state index in [2.05, 4.69) is 26.5 Å². The second kappa shape index (κ2) is 5.95. The lowest BCUT2D eigenvalue weighted by Crippen LogP contribution is -2.36. The Balaban J connectivity index is 2.00. The molecule has 120 valence electrons. The van der Waals surface area contributed by atoms with Crippen molar-refractivity contribution in [3.8, 4) is 0 Å². The first-order valence-electron chi connectivity index (χ1n) is 7.74. The quantitative estimate of drug-likeness (QED) is 0.862. The van der Waals surface area contributed by atoms with Crippen LogP contribution in [0.25, 0.3) is 6.08 Å². The number of nitrogens with zero attached hydrogens (tertiary/aromatic N) is 1. The lowest BCUT2D eigenvalue weighted by Gasteiger charge is -2.30. The van der Waals surface area contributed by atoms with Crippen LogP contribution in [-0.2, 0) is 23.0 Å². The van der Waals surface area contributed by atoms with E-state index in [-0.39, 0.29) is 0 Å². The van der Waals surface area contributed by atoms with Gasteiger partial charge in [0.1, 0.15) is 0 Å². The lowest BCUT2D eigenvalue weighted by molar-refractivity contribution is 0.390. The molecule has 4 heteroatoms. The number of sulfonamides is 1. The van der Waals surface area contributed by atoms with Gasteiger partial charge in [0.05, 0.1) is 4.90 Å². The second-order valence-corrected chi connectivity index (χ2v) is 7.91. The van der Waals surface area contributed by atoms with Crippen molar-refractivity contribution in [3.63, 3.8) is 0 Å². The molecular formula is C19H21NO2S. The molecule has 0 bridgehead atoms. The van der Waals surface area contributed by atoms with Gasteiger partial charge in [0, 0.05) is 13.1 Å². The molecule has 0 aliphatic carbocycles. The van der Waals surface area contributed by atoms with Gasteiger partial charge in [0.25, 0.3) is 0 Å². The van der Waals surface area contributed by atoms with Gasteiger partial charge in [-0.05, 0) is 60.2 Å². The highest BCUT2D eigenvalue weighted by molar-refractivity contribution is 7.89. The van der Waals surface area contributed by atoms with Crippen LogP contribution in [-0.4, -0.2) is 19.3 Å². The molecule has 0 fully saturated rings. The van der Waals surface area contributed by atoms with Crippen molar-refractivity contribution in [3.05, 3.63) is 70.8 Å². The van der Waals surface area contributed by atoms with Crippen molar-refractivity contribution in [1.29, 1.82) is 0 Å². The van der Waals surface area contributed by atoms with Gasteiger partial charge in [0.15, 0.2) is 0 Å². The molecule has 0 aromatic heterocycles. The predicted molar refractivity (Wildman–Crippen MR) is 93.7 cm³/mol. The fraction of sp³-hybridized carbons (Fsp3) is 0.263. The molecule has 1 heterocycles. The molecule has 1 aliphatic rings. The molecule has 0 amide bonds. The Morgan fingerprint density at radius 2 is 1.87 bits per heavy atom. The van der Waals surface area contributed by atoms with Crippen LogP contribution in [0.4, 0.5) is 0 Å². The fourth-order valence-electron chi connectivity index (χ4n) is 3.38. The van der Waals surface area contributed by atoms with Crippen LogP contribution < -0.4 is 0 Å². The summed E-state index contributed by atoms with van der Waals surface area (Å²) in [5, 5.41) is 0. The Labute approximate surface area is 138 Å². The van der Waals surface area contributed by atoms with E-state index in [1.807, 2.05) is 12.1 Å². The topological polar surface area (TPSA) is 37.4 Å². The standard InChI is InChI=1S/C19H21NO2S/c1-4-18-14(2)12-16-13-20(11-10-19(16)15(18)3)23(21,22)17-8-6-5-7-9-17/h4-9,12H,1,10-11,13H2,2-3H3. The van der Waals surface area contributed by atoms with Crippen molar-refractivity contribution in [2.45, 2.75) is 31.7 Å². The normalized spacial score (nSPS) is 15.2. The summed E-state index contributed by atoms with van der Waals surface area (Å²) in [4.78, 5) is 0.361. The fourth-order valence-corrected chi connectivity index (χ4v) is 4.82. The molecule has 0 N–H and O–H groups in total. The Hall–Kier alpha value is -1.91. The summed E-state index contributed by atoms with van der Waals surface area (Å²) in [6, 6.07) is 10.8. The smallest absolute Gasteiger partial charge is 0.207 e. The third-order valence-electron chi connectivity index (χ3n) is 4.60. The molecule has 23 heavy (non-hydrogen) atoms. The molecule has 3 nitrogen and oxygen atoms in total. The minimum Gasteiger partial charge on any atom is -0.207 e. The number of aryl methyl sites for hydroxylation is 1. The Morgan fingerprint density at radius 3 is 2.52 bits per heavy atom. The third-order valence-corrected chi connectivity index (χ3v) is 6.46. The first-order valence-corrected chi connectivity index (χ1v) is 9.18. The SMILES string of the molecule is C=Cc1c(C)cc2c(c1C)CCN(S(=O)(=O)c1ccccc1)C2. The van der Waals surface area contributed by atoms with E-state index in [1.165, 1.54) is 16.7 Å². The average molecular weight is 327 g/mol. The summed E-state index contributed by atoms with van der Waals surface area (Å²) >= 11 is 0. The van der Waals surface area contributed by atoms with Gasteiger partial charge in [-0.3, -0.25) is 0 Å². The molecule has 0 radical (unpaired) electrons. The van der Waals surface area contributed by atoms with Gasteiger partial charge >= 0.3 is 0 Å². The molecule has 1 aliphatic heterocycles. The maximum Gasteiger partial charge on any atom is 0.243 e. The minimum absolute atomic E-state index is 0.361. The lowest BCUT2D eigenvalue weighted by atomic mass is 9.89. The summed E-state index contributed by atoms with van der Waals surface area (Å²) in [5.74, 6) is 0. The average Bonchev–Trinajstić information content (AvgIpc) is 2.55. The Bertz CT molecular complexity index is 855. The van der Waals surface area contributed by atoms with Crippen LogP contribution in [0.5, 0.6) is 0 Å². The number of hydrogen-bond acceptors (Lipinski definition) is 2. The number of fused-ring (bicyclic) bond motifs is 1. The van der Waals surface area contributed by atoms with Gasteiger partial charge in [-0.15, -0.1) is 0 Å². The zero-order valence-electron chi connectivity index (χ0n) is 13.5. The summed E-state index contributed by atoms with van der Waals surface area (Å²) in [7, 11) is -3.43. The number of benzene rings is 2. The summed E-state index contributed by atoms with van der Waals surface area (Å²) in [6.07, 6.45) is 2.63. The predicted octanol–water partition coefficient (Wildman–Crippen LogP) is 3.69. The zero-order valence-corrected chi connectivity index (χ0v) is 14.4. The maximum absolute atomic E-state index is 12.8. The van der Waals surface area contributed by atoms with E-state index in [4.69, 9.17) is 0 Å². The van der Waals surface area contributed by atoms with Crippen LogP contribution in [0.2, 0.25) is 0 Å². The molecule has 0 saturated carbocycles. The van der Waals surface area contributed by atoms with Gasteiger partial charge in [0.2, 0.25) is 10.0 Å². The van der Waals surface area contributed by atoms with Crippen molar-refractivity contribution in [2.75, 3.05) is 6.54 Å². The van der Waals surface area contributed by atoms with Crippen molar-refractivity contribution in [2.24, 2.45) is 0 Å². The molecule has 0 spiro atoms. The largest absolute Gasteiger partial charge is 0.243 e. The van der Waals surface area contributed by atoms with Crippen molar-refractivity contribution >= 4 is 16.1 Å². The molecule has 0 unspecified atom stereocenters. The maximum atomic E-state index is 12.8. The van der Waals surface area contributed by atoms with Gasteiger partial charge < -0.3 is 0 Å². The van der Waals surface area contributed by atoms with Crippen LogP contribution in [0.1, 0.15) is 27.8 Å². The molecular weight excluding hydrogens is 306 g/mol. The van der Waals surface area contributed by atoms with Crippen molar-refractivity contribution in [1.82, 2.24) is 4.31 Å². The monoisotopic (exact) mass is 327 g/mol. The number of hydrogen-bond donors (Lipinski definition) is 0. The third kappa shape index (κ3) is 2.73. The van der Waals surface area contributed by atoms with E-state index in [1.54, 1.807) is 28.6 Å². The van der Waals surface area contributed by atoms with Crippen LogP contribution in [0.15, 0.2) is 47.9 Å². The van der Waals surface area contributed by atoms with E-state index < -0.39 is 10.0 Å². The summed E-state index contributed by atoms with van der Waals surface area (Å²) in [6.45, 7) is 9.00. The Kier molecular flexibility index (Phi) is 4.13. The van der Waals surface area contributed by atoms with Crippen LogP contribution in [0.3, 0.4) is 0 Å². The zero-order chi connectivity index (χ0) is 16.6. The highest BCUT2D eigenvalue weighted by Crippen LogP contribution is 2.30. The van der Waals surface area contributed by atoms with Crippen LogP contribution in [0, 0.1) is 13.8 Å². The van der Waals surface area contributed by atoms with E-state index >= 15 is 0 Å². The highest BCUT2D eigenvalue weighted by atomic mass is 32.2. The molecule has 0 atom stereocenters. The highest BCUT2D eigenvalue weighted by Gasteiger charge is 2.29. The molecule has 0 saturated heterocycles. The van der Waals surface area contributed by atoms with Gasteiger partial charge in [-0.2, -0.15) is 4.31 Å².